The molecule has 0 bridgehead atoms. The van der Waals surface area contributed by atoms with Gasteiger partial charge < -0.3 is 10.6 Å². The first kappa shape index (κ1) is 20.3. The van der Waals surface area contributed by atoms with Crippen molar-refractivity contribution in [1.82, 2.24) is 20.4 Å². The molecule has 0 saturated carbocycles. The summed E-state index contributed by atoms with van der Waals surface area (Å²) in [4.78, 5) is 5.28. The van der Waals surface area contributed by atoms with Gasteiger partial charge in [-0.2, -0.15) is 5.10 Å². The molecule has 0 saturated heterocycles. The summed E-state index contributed by atoms with van der Waals surface area (Å²) < 4.78 is 15.6. The summed E-state index contributed by atoms with van der Waals surface area (Å²) in [7, 11) is 0. The summed E-state index contributed by atoms with van der Waals surface area (Å²) in [5, 5.41) is 11.0. The van der Waals surface area contributed by atoms with Crippen molar-refractivity contribution in [3.05, 3.63) is 47.5 Å². The smallest absolute Gasteiger partial charge is 0.191 e. The van der Waals surface area contributed by atoms with Crippen LogP contribution >= 0.6 is 11.8 Å². The van der Waals surface area contributed by atoms with Crippen LogP contribution in [-0.4, -0.2) is 41.1 Å². The molecule has 2 rings (SSSR count). The highest BCUT2D eigenvalue weighted by Crippen LogP contribution is 2.20. The first-order valence-electron chi connectivity index (χ1n) is 9.00. The van der Waals surface area contributed by atoms with Gasteiger partial charge in [-0.1, -0.05) is 12.1 Å². The number of rotatable bonds is 9. The van der Waals surface area contributed by atoms with Gasteiger partial charge in [-0.05, 0) is 45.4 Å². The molecule has 2 N–H and O–H groups in total. The molecular weight excluding hydrogens is 349 g/mol. The lowest BCUT2D eigenvalue weighted by atomic mass is 10.3. The lowest BCUT2D eigenvalue weighted by molar-refractivity contribution is 0.567. The van der Waals surface area contributed by atoms with E-state index in [0.717, 1.165) is 50.0 Å². The van der Waals surface area contributed by atoms with Crippen LogP contribution in [0.4, 0.5) is 4.39 Å². The predicted molar refractivity (Wildman–Crippen MR) is 107 cm³/mol. The minimum absolute atomic E-state index is 0.165. The summed E-state index contributed by atoms with van der Waals surface area (Å²) in [5.74, 6) is 1.41. The number of benzene rings is 1. The monoisotopic (exact) mass is 377 g/mol. The number of guanidine groups is 1. The highest BCUT2D eigenvalue weighted by Gasteiger charge is 2.03. The van der Waals surface area contributed by atoms with E-state index in [0.29, 0.717) is 4.90 Å². The quantitative estimate of drug-likeness (QED) is 0.304. The van der Waals surface area contributed by atoms with Gasteiger partial charge in [0.15, 0.2) is 5.96 Å². The molecule has 1 aromatic heterocycles. The minimum Gasteiger partial charge on any atom is -0.357 e. The maximum atomic E-state index is 13.6. The Morgan fingerprint density at radius 3 is 2.77 bits per heavy atom. The van der Waals surface area contributed by atoms with E-state index >= 15 is 0 Å². The third-order valence-electron chi connectivity index (χ3n) is 3.73. The molecule has 2 aromatic rings. The number of hydrogen-bond donors (Lipinski definition) is 2. The van der Waals surface area contributed by atoms with E-state index in [1.165, 1.54) is 23.5 Å². The number of nitrogens with one attached hydrogen (secondary N) is 2. The van der Waals surface area contributed by atoms with Gasteiger partial charge in [0, 0.05) is 42.5 Å². The first-order valence-corrected chi connectivity index (χ1v) is 9.99. The largest absolute Gasteiger partial charge is 0.357 e. The summed E-state index contributed by atoms with van der Waals surface area (Å²) in [5.41, 5.74) is 2.23. The van der Waals surface area contributed by atoms with Crippen LogP contribution < -0.4 is 10.6 Å². The average molecular weight is 378 g/mol. The van der Waals surface area contributed by atoms with Crippen molar-refractivity contribution in [2.45, 2.75) is 38.6 Å². The van der Waals surface area contributed by atoms with Gasteiger partial charge in [-0.3, -0.25) is 9.67 Å². The molecule has 5 nitrogen and oxygen atoms in total. The van der Waals surface area contributed by atoms with Gasteiger partial charge in [0.2, 0.25) is 0 Å². The van der Waals surface area contributed by atoms with Crippen LogP contribution in [0.3, 0.4) is 0 Å². The number of aromatic nitrogens is 2. The second-order valence-corrected chi connectivity index (χ2v) is 7.11. The van der Waals surface area contributed by atoms with Gasteiger partial charge in [-0.25, -0.2) is 4.39 Å². The molecule has 7 heteroatoms. The van der Waals surface area contributed by atoms with Gasteiger partial charge in [-0.15, -0.1) is 11.8 Å². The third kappa shape index (κ3) is 6.71. The zero-order valence-electron chi connectivity index (χ0n) is 15.8. The summed E-state index contributed by atoms with van der Waals surface area (Å²) in [6.45, 7) is 9.25. The fraction of sp³-hybridized carbons (Fsp3) is 0.474. The van der Waals surface area contributed by atoms with Crippen LogP contribution in [0.15, 0.2) is 40.2 Å². The van der Waals surface area contributed by atoms with Crippen molar-refractivity contribution < 1.29 is 4.39 Å². The Morgan fingerprint density at radius 2 is 2.08 bits per heavy atom. The summed E-state index contributed by atoms with van der Waals surface area (Å²) in [6, 6.07) is 8.94. The van der Waals surface area contributed by atoms with E-state index in [1.54, 1.807) is 12.1 Å². The Morgan fingerprint density at radius 1 is 1.27 bits per heavy atom. The van der Waals surface area contributed by atoms with Crippen molar-refractivity contribution in [3.63, 3.8) is 0 Å². The predicted octanol–water partition coefficient (Wildman–Crippen LogP) is 3.38. The Bertz CT molecular complexity index is 714. The van der Waals surface area contributed by atoms with Crippen LogP contribution in [-0.2, 0) is 6.54 Å². The maximum Gasteiger partial charge on any atom is 0.191 e. The molecular formula is C19H28FN5S. The second kappa shape index (κ2) is 10.9. The molecule has 1 aromatic carbocycles. The second-order valence-electron chi connectivity index (χ2n) is 5.97. The molecule has 1 heterocycles. The number of thioether (sulfide) groups is 1. The topological polar surface area (TPSA) is 54.2 Å². The molecule has 0 unspecified atom stereocenters. The van der Waals surface area contributed by atoms with Crippen molar-refractivity contribution in [2.75, 3.05) is 25.4 Å². The SMILES string of the molecule is CCNC(=NCCCn1nc(C)cc1C)NCCSc1ccccc1F. The molecule has 0 radical (unpaired) electrons. The van der Waals surface area contributed by atoms with Crippen molar-refractivity contribution >= 4 is 17.7 Å². The highest BCUT2D eigenvalue weighted by molar-refractivity contribution is 7.99. The van der Waals surface area contributed by atoms with E-state index in [9.17, 15) is 4.39 Å². The lowest BCUT2D eigenvalue weighted by Gasteiger charge is -2.11. The molecule has 0 aliphatic rings. The van der Waals surface area contributed by atoms with Crippen molar-refractivity contribution in [1.29, 1.82) is 0 Å². The third-order valence-corrected chi connectivity index (χ3v) is 4.78. The fourth-order valence-electron chi connectivity index (χ4n) is 2.55. The first-order chi connectivity index (χ1) is 12.6. The number of aryl methyl sites for hydroxylation is 3. The van der Waals surface area contributed by atoms with Gasteiger partial charge >= 0.3 is 0 Å². The Kier molecular flexibility index (Phi) is 8.47. The van der Waals surface area contributed by atoms with E-state index in [2.05, 4.69) is 33.7 Å². The number of halogens is 1. The van der Waals surface area contributed by atoms with E-state index in [-0.39, 0.29) is 5.82 Å². The van der Waals surface area contributed by atoms with E-state index in [4.69, 9.17) is 0 Å². The molecule has 0 atom stereocenters. The summed E-state index contributed by atoms with van der Waals surface area (Å²) >= 11 is 1.50. The van der Waals surface area contributed by atoms with Gasteiger partial charge in [0.1, 0.15) is 5.82 Å². The number of nitrogens with zero attached hydrogens (tertiary/aromatic N) is 3. The fourth-order valence-corrected chi connectivity index (χ4v) is 3.35. The normalized spacial score (nSPS) is 11.6. The van der Waals surface area contributed by atoms with Crippen LogP contribution in [0.1, 0.15) is 24.7 Å². The highest BCUT2D eigenvalue weighted by atomic mass is 32.2. The zero-order valence-corrected chi connectivity index (χ0v) is 16.6. The molecule has 0 aliphatic heterocycles. The standard InChI is InChI=1S/C19H28FN5S/c1-4-21-19(22-10-7-12-25-16(3)14-15(2)24-25)23-11-13-26-18-9-6-5-8-17(18)20/h5-6,8-9,14H,4,7,10-13H2,1-3H3,(H2,21,22,23). The molecule has 0 fully saturated rings. The van der Waals surface area contributed by atoms with Crippen LogP contribution in [0.25, 0.3) is 0 Å². The lowest BCUT2D eigenvalue weighted by Crippen LogP contribution is -2.38. The average Bonchev–Trinajstić information content (AvgIpc) is 2.94. The Hall–Kier alpha value is -2.02. The van der Waals surface area contributed by atoms with E-state index < -0.39 is 0 Å². The molecule has 0 amide bonds. The molecule has 142 valence electrons. The van der Waals surface area contributed by atoms with E-state index in [1.807, 2.05) is 24.6 Å². The number of hydrogen-bond acceptors (Lipinski definition) is 3. The Balaban J connectivity index is 1.72. The Labute approximate surface area is 159 Å². The zero-order chi connectivity index (χ0) is 18.8. The molecule has 0 spiro atoms. The van der Waals surface area contributed by atoms with Gasteiger partial charge in [0.25, 0.3) is 0 Å². The van der Waals surface area contributed by atoms with Crippen molar-refractivity contribution in [2.24, 2.45) is 4.99 Å². The summed E-state index contributed by atoms with van der Waals surface area (Å²) in [6.07, 6.45) is 0.933. The minimum atomic E-state index is -0.165. The van der Waals surface area contributed by atoms with Crippen molar-refractivity contribution in [3.8, 4) is 0 Å². The van der Waals surface area contributed by atoms with Crippen LogP contribution in [0.5, 0.6) is 0 Å². The molecule has 0 aliphatic carbocycles. The van der Waals surface area contributed by atoms with Crippen LogP contribution in [0.2, 0.25) is 0 Å². The maximum absolute atomic E-state index is 13.6. The molecule has 26 heavy (non-hydrogen) atoms. The number of aliphatic imine (C=N–C) groups is 1. The van der Waals surface area contributed by atoms with Gasteiger partial charge in [0.05, 0.1) is 5.69 Å². The van der Waals surface area contributed by atoms with Crippen LogP contribution in [0, 0.1) is 19.7 Å².